The van der Waals surface area contributed by atoms with Crippen LogP contribution in [0.3, 0.4) is 0 Å². The highest BCUT2D eigenvalue weighted by molar-refractivity contribution is 6.01. The number of carbonyl (C=O) groups is 2. The van der Waals surface area contributed by atoms with Crippen molar-refractivity contribution in [3.05, 3.63) is 111 Å². The largest absolute Gasteiger partial charge is 0.494 e. The van der Waals surface area contributed by atoms with E-state index in [1.165, 1.54) is 0 Å². The number of nitrogens with zero attached hydrogens (tertiary/aromatic N) is 4. The number of aliphatic hydroxyl groups excluding tert-OH is 1. The molecular weight excluding hydrogens is 726 g/mol. The summed E-state index contributed by atoms with van der Waals surface area (Å²) in [6.07, 6.45) is -11.8. The van der Waals surface area contributed by atoms with Crippen LogP contribution in [-0.4, -0.2) is 47.2 Å². The number of benzene rings is 3. The number of rotatable bonds is 15. The highest BCUT2D eigenvalue weighted by Crippen LogP contribution is 2.45. The van der Waals surface area contributed by atoms with Crippen molar-refractivity contribution in [3.63, 3.8) is 0 Å². The van der Waals surface area contributed by atoms with E-state index in [1.54, 1.807) is 69.3 Å². The molecule has 0 unspecified atom stereocenters. The number of amides is 1. The van der Waals surface area contributed by atoms with Gasteiger partial charge in [-0.05, 0) is 91.9 Å². The molecule has 54 heavy (non-hydrogen) atoms. The zero-order chi connectivity index (χ0) is 39.7. The Balaban J connectivity index is 1.77. The van der Waals surface area contributed by atoms with Gasteiger partial charge in [0.05, 0.1) is 24.3 Å². The first kappa shape index (κ1) is 41.4. The smallest absolute Gasteiger partial charge is 0.416 e. The van der Waals surface area contributed by atoms with Gasteiger partial charge in [-0.25, -0.2) is 10.4 Å². The Bertz CT molecular complexity index is 1840. The molecule has 0 saturated heterocycles. The van der Waals surface area contributed by atoms with Crippen LogP contribution in [0.15, 0.2) is 76.8 Å². The standard InChI is InChI=1S/C36H38F6N6O6/c1-33(2,3)54-29(50)13-14-34(32(51)47-44-20-22-17-25(35(37,38)39)19-26(18-22)36(40,41)42)30(28-8-5-4-7-24(28)21-45-48-43)53-31(46-34)23-9-11-27(12-10-23)52-16-6-15-49/h4-5,7-12,17-19,30,44,49H,6,13-16,20-21H2,1-3H3,(H,47,51)/t30-,34-/m0/s1. The van der Waals surface area contributed by atoms with Crippen molar-refractivity contribution in [2.24, 2.45) is 10.1 Å². The molecule has 0 fully saturated rings. The minimum atomic E-state index is -5.09. The molecule has 18 heteroatoms. The zero-order valence-electron chi connectivity index (χ0n) is 29.4. The first-order valence-corrected chi connectivity index (χ1v) is 16.6. The summed E-state index contributed by atoms with van der Waals surface area (Å²) in [7, 11) is 0. The monoisotopic (exact) mass is 764 g/mol. The first-order valence-electron chi connectivity index (χ1n) is 16.6. The fraction of sp³-hybridized carbons (Fsp3) is 0.417. The number of carbonyl (C=O) groups excluding carboxylic acids is 2. The van der Waals surface area contributed by atoms with Crippen LogP contribution in [0.2, 0.25) is 0 Å². The van der Waals surface area contributed by atoms with E-state index in [-0.39, 0.29) is 44.6 Å². The molecule has 0 aromatic heterocycles. The molecule has 0 radical (unpaired) electrons. The van der Waals surface area contributed by atoms with Crippen LogP contribution in [0.1, 0.15) is 79.5 Å². The van der Waals surface area contributed by atoms with Gasteiger partial charge < -0.3 is 19.3 Å². The highest BCUT2D eigenvalue weighted by atomic mass is 19.4. The van der Waals surface area contributed by atoms with Crippen LogP contribution in [0.4, 0.5) is 26.3 Å². The molecule has 2 atom stereocenters. The third-order valence-electron chi connectivity index (χ3n) is 7.94. The van der Waals surface area contributed by atoms with E-state index in [9.17, 15) is 35.9 Å². The van der Waals surface area contributed by atoms with Crippen LogP contribution >= 0.6 is 0 Å². The lowest BCUT2D eigenvalue weighted by atomic mass is 9.82. The van der Waals surface area contributed by atoms with E-state index in [1.807, 2.05) is 0 Å². The molecule has 4 rings (SSSR count). The van der Waals surface area contributed by atoms with Crippen molar-refractivity contribution in [2.45, 2.75) is 82.7 Å². The predicted octanol–water partition coefficient (Wildman–Crippen LogP) is 7.50. The van der Waals surface area contributed by atoms with Crippen LogP contribution in [-0.2, 0) is 44.5 Å². The number of aliphatic hydroxyl groups is 1. The molecule has 12 nitrogen and oxygen atoms in total. The van der Waals surface area contributed by atoms with E-state index < -0.39 is 64.7 Å². The summed E-state index contributed by atoms with van der Waals surface area (Å²) in [6.45, 7) is 4.29. The van der Waals surface area contributed by atoms with Gasteiger partial charge in [-0.3, -0.25) is 15.0 Å². The van der Waals surface area contributed by atoms with Gasteiger partial charge in [0, 0.05) is 36.5 Å². The Kier molecular flexibility index (Phi) is 13.2. The molecule has 0 aliphatic carbocycles. The number of halogens is 6. The van der Waals surface area contributed by atoms with Gasteiger partial charge in [0.15, 0.2) is 11.6 Å². The maximum Gasteiger partial charge on any atom is 0.416 e. The SMILES string of the molecule is CC(C)(C)OC(=O)CC[C@]1(C(=O)NNCc2cc(C(F)(F)F)cc(C(F)(F)F)c2)N=C(c2ccc(OCCCO)cc2)O[C@H]1c1ccccc1CN=[N+]=[N-]. The molecule has 0 bridgehead atoms. The number of alkyl halides is 6. The van der Waals surface area contributed by atoms with Crippen LogP contribution in [0, 0.1) is 0 Å². The summed E-state index contributed by atoms with van der Waals surface area (Å²) >= 11 is 0. The summed E-state index contributed by atoms with van der Waals surface area (Å²) in [6, 6.07) is 14.0. The van der Waals surface area contributed by atoms with Crippen molar-refractivity contribution in [2.75, 3.05) is 13.2 Å². The predicted molar refractivity (Wildman–Crippen MR) is 183 cm³/mol. The second-order valence-corrected chi connectivity index (χ2v) is 13.2. The van der Waals surface area contributed by atoms with Crippen molar-refractivity contribution in [1.82, 2.24) is 10.9 Å². The van der Waals surface area contributed by atoms with Gasteiger partial charge >= 0.3 is 18.3 Å². The van der Waals surface area contributed by atoms with Crippen LogP contribution in [0.5, 0.6) is 5.75 Å². The number of hydrogen-bond acceptors (Lipinski definition) is 9. The first-order chi connectivity index (χ1) is 25.4. The van der Waals surface area contributed by atoms with Crippen LogP contribution in [0.25, 0.3) is 10.4 Å². The van der Waals surface area contributed by atoms with E-state index in [4.69, 9.17) is 29.8 Å². The molecule has 0 spiro atoms. The summed E-state index contributed by atoms with van der Waals surface area (Å²) in [5.41, 5.74) is 8.58. The lowest BCUT2D eigenvalue weighted by molar-refractivity contribution is -0.155. The third-order valence-corrected chi connectivity index (χ3v) is 7.94. The lowest BCUT2D eigenvalue weighted by Crippen LogP contribution is -2.53. The fourth-order valence-electron chi connectivity index (χ4n) is 5.53. The van der Waals surface area contributed by atoms with Gasteiger partial charge in [0.25, 0.3) is 5.91 Å². The van der Waals surface area contributed by atoms with Crippen molar-refractivity contribution in [1.29, 1.82) is 0 Å². The summed E-state index contributed by atoms with van der Waals surface area (Å²) < 4.78 is 98.5. The maximum atomic E-state index is 14.4. The number of azide groups is 1. The second kappa shape index (κ2) is 17.2. The molecule has 3 N–H and O–H groups in total. The minimum absolute atomic E-state index is 0.00790. The molecule has 3 aromatic carbocycles. The molecule has 1 amide bonds. The second-order valence-electron chi connectivity index (χ2n) is 13.2. The van der Waals surface area contributed by atoms with Gasteiger partial charge in [0.1, 0.15) is 11.4 Å². The van der Waals surface area contributed by atoms with E-state index in [2.05, 4.69) is 20.9 Å². The summed E-state index contributed by atoms with van der Waals surface area (Å²) in [5.74, 6) is -1.23. The van der Waals surface area contributed by atoms with E-state index in [0.717, 1.165) is 0 Å². The molecular formula is C36H38F6N6O6. The molecule has 1 aliphatic rings. The van der Waals surface area contributed by atoms with Crippen molar-refractivity contribution < 1.29 is 55.2 Å². The number of hydrogen-bond donors (Lipinski definition) is 3. The highest BCUT2D eigenvalue weighted by Gasteiger charge is 2.54. The molecule has 1 heterocycles. The topological polar surface area (TPSA) is 167 Å². The van der Waals surface area contributed by atoms with Crippen LogP contribution < -0.4 is 15.6 Å². The lowest BCUT2D eigenvalue weighted by Gasteiger charge is -2.32. The molecule has 290 valence electrons. The van der Waals surface area contributed by atoms with Gasteiger partial charge in [-0.1, -0.05) is 29.4 Å². The number of esters is 1. The Morgan fingerprint density at radius 2 is 1.65 bits per heavy atom. The average molecular weight is 765 g/mol. The van der Waals surface area contributed by atoms with E-state index >= 15 is 0 Å². The van der Waals surface area contributed by atoms with Gasteiger partial charge in [-0.2, -0.15) is 26.3 Å². The Hall–Kier alpha value is -5.32. The van der Waals surface area contributed by atoms with Crippen molar-refractivity contribution in [3.8, 4) is 5.75 Å². The average Bonchev–Trinajstić information content (AvgIpc) is 3.49. The molecule has 1 aliphatic heterocycles. The number of nitrogens with one attached hydrogen (secondary N) is 2. The number of hydrazine groups is 1. The summed E-state index contributed by atoms with van der Waals surface area (Å²) in [5, 5.41) is 12.7. The Labute approximate surface area is 306 Å². The number of aliphatic imine (C=N–C) groups is 1. The zero-order valence-corrected chi connectivity index (χ0v) is 29.4. The quantitative estimate of drug-likeness (QED) is 0.0274. The minimum Gasteiger partial charge on any atom is -0.494 e. The Morgan fingerprint density at radius 3 is 2.24 bits per heavy atom. The normalized spacial score (nSPS) is 17.2. The Morgan fingerprint density at radius 1 is 1.00 bits per heavy atom. The third kappa shape index (κ3) is 10.9. The fourth-order valence-corrected chi connectivity index (χ4v) is 5.53. The van der Waals surface area contributed by atoms with Gasteiger partial charge in [0.2, 0.25) is 5.90 Å². The summed E-state index contributed by atoms with van der Waals surface area (Å²) in [4.78, 5) is 35.0. The number of ether oxygens (including phenoxy) is 3. The molecule has 0 saturated carbocycles. The van der Waals surface area contributed by atoms with Gasteiger partial charge in [-0.15, -0.1) is 0 Å². The van der Waals surface area contributed by atoms with E-state index in [0.29, 0.717) is 41.0 Å². The maximum absolute atomic E-state index is 14.4. The van der Waals surface area contributed by atoms with Crippen molar-refractivity contribution >= 4 is 17.8 Å². The molecule has 3 aromatic rings.